The molecule has 0 aliphatic heterocycles. The van der Waals surface area contributed by atoms with Gasteiger partial charge in [0.15, 0.2) is 0 Å². The van der Waals surface area contributed by atoms with Crippen LogP contribution in [0.1, 0.15) is 5.56 Å². The predicted octanol–water partition coefficient (Wildman–Crippen LogP) is 3.65. The Labute approximate surface area is 147 Å². The molecule has 0 fully saturated rings. The molecule has 0 saturated carbocycles. The zero-order chi connectivity index (χ0) is 17.3. The Hall–Kier alpha value is -2.24. The number of nitrogens with zero attached hydrogens (tertiary/aromatic N) is 1. The summed E-state index contributed by atoms with van der Waals surface area (Å²) in [6.45, 7) is 2.23. The molecule has 0 aliphatic rings. The van der Waals surface area contributed by atoms with E-state index >= 15 is 0 Å². The quantitative estimate of drug-likeness (QED) is 0.707. The van der Waals surface area contributed by atoms with E-state index in [4.69, 9.17) is 32.4 Å². The van der Waals surface area contributed by atoms with Crippen LogP contribution in [-0.4, -0.2) is 11.2 Å². The standard InChI is InChI=1S/C17H13Cl2NO4/c1-10-3-2-4-14-15(10)20(17(22)24-16(14)21)5-6-23-13-8-11(18)7-12(19)9-13/h2-4,7-9H,5-6H2,1H3. The topological polar surface area (TPSA) is 61.4 Å². The zero-order valence-corrected chi connectivity index (χ0v) is 14.2. The highest BCUT2D eigenvalue weighted by atomic mass is 35.5. The molecule has 5 nitrogen and oxygen atoms in total. The minimum Gasteiger partial charge on any atom is -0.492 e. The molecule has 3 aromatic rings. The molecule has 0 spiro atoms. The van der Waals surface area contributed by atoms with Crippen LogP contribution in [0.3, 0.4) is 0 Å². The average molecular weight is 366 g/mol. The molecule has 0 bridgehead atoms. The molecule has 2 aromatic carbocycles. The third-order valence-electron chi connectivity index (χ3n) is 3.55. The number of hydrogen-bond acceptors (Lipinski definition) is 4. The smallest absolute Gasteiger partial charge is 0.422 e. The second kappa shape index (κ2) is 6.71. The summed E-state index contributed by atoms with van der Waals surface area (Å²) in [5.41, 5.74) is 0.715. The van der Waals surface area contributed by atoms with Gasteiger partial charge in [0.25, 0.3) is 0 Å². The highest BCUT2D eigenvalue weighted by Crippen LogP contribution is 2.24. The van der Waals surface area contributed by atoms with Crippen LogP contribution in [0.4, 0.5) is 0 Å². The van der Waals surface area contributed by atoms with Gasteiger partial charge in [-0.3, -0.25) is 4.57 Å². The van der Waals surface area contributed by atoms with Crippen molar-refractivity contribution >= 4 is 34.1 Å². The van der Waals surface area contributed by atoms with Crippen LogP contribution in [0, 0.1) is 6.92 Å². The highest BCUT2D eigenvalue weighted by molar-refractivity contribution is 6.34. The van der Waals surface area contributed by atoms with E-state index in [1.165, 1.54) is 4.57 Å². The third-order valence-corrected chi connectivity index (χ3v) is 3.98. The number of aryl methyl sites for hydroxylation is 1. The predicted molar refractivity (Wildman–Crippen MR) is 93.4 cm³/mol. The SMILES string of the molecule is Cc1cccc2c(=O)oc(=O)n(CCOc3cc(Cl)cc(Cl)c3)c12. The fourth-order valence-electron chi connectivity index (χ4n) is 2.53. The first kappa shape index (κ1) is 16.6. The lowest BCUT2D eigenvalue weighted by Crippen LogP contribution is -2.27. The maximum atomic E-state index is 12.1. The average Bonchev–Trinajstić information content (AvgIpc) is 2.50. The Bertz CT molecular complexity index is 1000. The molecule has 3 rings (SSSR count). The molecule has 24 heavy (non-hydrogen) atoms. The summed E-state index contributed by atoms with van der Waals surface area (Å²) < 4.78 is 11.8. The van der Waals surface area contributed by atoms with Crippen molar-refractivity contribution in [3.05, 3.63) is 73.0 Å². The number of aromatic nitrogens is 1. The summed E-state index contributed by atoms with van der Waals surface area (Å²) >= 11 is 11.8. The maximum Gasteiger partial charge on any atom is 0.422 e. The van der Waals surface area contributed by atoms with Gasteiger partial charge in [-0.1, -0.05) is 35.3 Å². The largest absolute Gasteiger partial charge is 0.492 e. The van der Waals surface area contributed by atoms with Crippen molar-refractivity contribution in [2.24, 2.45) is 0 Å². The molecule has 124 valence electrons. The van der Waals surface area contributed by atoms with Crippen molar-refractivity contribution in [3.63, 3.8) is 0 Å². The molecule has 0 aliphatic carbocycles. The van der Waals surface area contributed by atoms with E-state index in [0.717, 1.165) is 5.56 Å². The summed E-state index contributed by atoms with van der Waals surface area (Å²) in [7, 11) is 0. The lowest BCUT2D eigenvalue weighted by Gasteiger charge is -2.12. The number of fused-ring (bicyclic) bond motifs is 1. The van der Waals surface area contributed by atoms with Crippen LogP contribution < -0.4 is 16.1 Å². The first-order valence-corrected chi connectivity index (χ1v) is 7.93. The van der Waals surface area contributed by atoms with Gasteiger partial charge in [-0.15, -0.1) is 0 Å². The minimum atomic E-state index is -0.713. The number of halogens is 2. The fourth-order valence-corrected chi connectivity index (χ4v) is 3.04. The Morgan fingerprint density at radius 2 is 1.83 bits per heavy atom. The van der Waals surface area contributed by atoms with E-state index in [-0.39, 0.29) is 13.2 Å². The number of para-hydroxylation sites is 1. The second-order valence-corrected chi connectivity index (χ2v) is 6.10. The maximum absolute atomic E-state index is 12.1. The van der Waals surface area contributed by atoms with Crippen molar-refractivity contribution in [1.82, 2.24) is 4.57 Å². The lowest BCUT2D eigenvalue weighted by molar-refractivity contribution is 0.287. The highest BCUT2D eigenvalue weighted by Gasteiger charge is 2.11. The Morgan fingerprint density at radius 1 is 1.12 bits per heavy atom. The molecule has 0 unspecified atom stereocenters. The normalized spacial score (nSPS) is 11.0. The molecule has 7 heteroatoms. The van der Waals surface area contributed by atoms with Crippen molar-refractivity contribution in [2.45, 2.75) is 13.5 Å². The summed E-state index contributed by atoms with van der Waals surface area (Å²) in [5.74, 6) is -0.214. The number of rotatable bonds is 4. The summed E-state index contributed by atoms with van der Waals surface area (Å²) in [4.78, 5) is 23.9. The number of benzene rings is 2. The van der Waals surface area contributed by atoms with Crippen LogP contribution >= 0.6 is 23.2 Å². The first-order chi connectivity index (χ1) is 11.5. The van der Waals surface area contributed by atoms with E-state index in [0.29, 0.717) is 26.7 Å². The van der Waals surface area contributed by atoms with Crippen LogP contribution in [0.15, 0.2) is 50.4 Å². The zero-order valence-electron chi connectivity index (χ0n) is 12.7. The van der Waals surface area contributed by atoms with Crippen molar-refractivity contribution < 1.29 is 9.15 Å². The monoisotopic (exact) mass is 365 g/mol. The van der Waals surface area contributed by atoms with Gasteiger partial charge in [-0.2, -0.15) is 0 Å². The van der Waals surface area contributed by atoms with E-state index in [1.54, 1.807) is 30.3 Å². The Balaban J connectivity index is 1.90. The van der Waals surface area contributed by atoms with E-state index < -0.39 is 11.4 Å². The molecule has 0 N–H and O–H groups in total. The summed E-state index contributed by atoms with van der Waals surface area (Å²) in [6.07, 6.45) is 0. The van der Waals surface area contributed by atoms with Gasteiger partial charge < -0.3 is 9.15 Å². The number of hydrogen-bond donors (Lipinski definition) is 0. The van der Waals surface area contributed by atoms with Gasteiger partial charge >= 0.3 is 11.4 Å². The molecule has 0 atom stereocenters. The van der Waals surface area contributed by atoms with Crippen molar-refractivity contribution in [1.29, 1.82) is 0 Å². The van der Waals surface area contributed by atoms with Gasteiger partial charge in [0.05, 0.1) is 17.4 Å². The molecular formula is C17H13Cl2NO4. The molecule has 0 amide bonds. The second-order valence-electron chi connectivity index (χ2n) is 5.23. The van der Waals surface area contributed by atoms with Crippen LogP contribution in [0.5, 0.6) is 5.75 Å². The summed E-state index contributed by atoms with van der Waals surface area (Å²) in [5, 5.41) is 1.28. The van der Waals surface area contributed by atoms with Gasteiger partial charge in [0.2, 0.25) is 0 Å². The molecular weight excluding hydrogens is 353 g/mol. The Kier molecular flexibility index (Phi) is 4.64. The fraction of sp³-hybridized carbons (Fsp3) is 0.176. The molecule has 0 saturated heterocycles. The Morgan fingerprint density at radius 3 is 2.54 bits per heavy atom. The minimum absolute atomic E-state index is 0.188. The molecule has 1 heterocycles. The first-order valence-electron chi connectivity index (χ1n) is 7.18. The third kappa shape index (κ3) is 3.32. The van der Waals surface area contributed by atoms with Gasteiger partial charge in [-0.25, -0.2) is 9.59 Å². The van der Waals surface area contributed by atoms with Gasteiger partial charge in [-0.05, 0) is 36.8 Å². The van der Waals surface area contributed by atoms with Crippen LogP contribution in [0.25, 0.3) is 10.9 Å². The van der Waals surface area contributed by atoms with Crippen molar-refractivity contribution in [2.75, 3.05) is 6.61 Å². The number of ether oxygens (including phenoxy) is 1. The van der Waals surface area contributed by atoms with Crippen LogP contribution in [0.2, 0.25) is 10.0 Å². The van der Waals surface area contributed by atoms with Crippen molar-refractivity contribution in [3.8, 4) is 5.75 Å². The van der Waals surface area contributed by atoms with E-state index in [1.807, 2.05) is 13.0 Å². The van der Waals surface area contributed by atoms with Gasteiger partial charge in [0, 0.05) is 10.0 Å². The van der Waals surface area contributed by atoms with E-state index in [9.17, 15) is 9.59 Å². The summed E-state index contributed by atoms with van der Waals surface area (Å²) in [6, 6.07) is 10.1. The van der Waals surface area contributed by atoms with E-state index in [2.05, 4.69) is 0 Å². The molecule has 1 aromatic heterocycles. The lowest BCUT2D eigenvalue weighted by atomic mass is 10.1. The van der Waals surface area contributed by atoms with Gasteiger partial charge in [0.1, 0.15) is 12.4 Å². The van der Waals surface area contributed by atoms with Crippen LogP contribution in [-0.2, 0) is 6.54 Å². The molecule has 0 radical (unpaired) electrons.